The van der Waals surface area contributed by atoms with E-state index in [1.807, 2.05) is 35.2 Å². The maximum atomic E-state index is 12.4. The lowest BCUT2D eigenvalue weighted by molar-refractivity contribution is -0.146. The number of likely N-dealkylation sites (N-methyl/N-ethyl adjacent to an activating group) is 1. The number of aryl methyl sites for hydroxylation is 1. The average molecular weight is 342 g/mol. The molecule has 2 aromatic rings. The van der Waals surface area contributed by atoms with Gasteiger partial charge in [0.2, 0.25) is 11.8 Å². The Kier molecular flexibility index (Phi) is 3.95. The predicted octanol–water partition coefficient (Wildman–Crippen LogP) is 1.31. The quantitative estimate of drug-likeness (QED) is 0.834. The number of para-hydroxylation sites is 1. The highest BCUT2D eigenvalue weighted by atomic mass is 16.5. The van der Waals surface area contributed by atoms with E-state index in [1.165, 1.54) is 0 Å². The van der Waals surface area contributed by atoms with Crippen LogP contribution in [0.1, 0.15) is 17.7 Å². The van der Waals surface area contributed by atoms with Gasteiger partial charge in [-0.3, -0.25) is 4.79 Å². The van der Waals surface area contributed by atoms with E-state index < -0.39 is 0 Å². The van der Waals surface area contributed by atoms with Crippen LogP contribution >= 0.6 is 0 Å². The molecule has 0 saturated carbocycles. The van der Waals surface area contributed by atoms with Crippen LogP contribution in [0.3, 0.4) is 0 Å². The highest BCUT2D eigenvalue weighted by molar-refractivity contribution is 5.79. The van der Waals surface area contributed by atoms with E-state index in [2.05, 4.69) is 22.1 Å². The molecule has 0 bridgehead atoms. The Bertz CT molecular complexity index is 755. The monoisotopic (exact) mass is 342 g/mol. The van der Waals surface area contributed by atoms with Crippen LogP contribution in [0.15, 0.2) is 34.7 Å². The molecule has 1 atom stereocenters. The van der Waals surface area contributed by atoms with Gasteiger partial charge < -0.3 is 19.0 Å². The number of ether oxygens (including phenoxy) is 1. The van der Waals surface area contributed by atoms with Gasteiger partial charge in [-0.25, -0.2) is 0 Å². The molecule has 2 aliphatic rings. The zero-order valence-electron chi connectivity index (χ0n) is 14.5. The van der Waals surface area contributed by atoms with Gasteiger partial charge in [-0.2, -0.15) is 0 Å². The summed E-state index contributed by atoms with van der Waals surface area (Å²) in [5.41, 5.74) is 0.0100. The summed E-state index contributed by atoms with van der Waals surface area (Å²) in [4.78, 5) is 16.5. The van der Waals surface area contributed by atoms with Crippen molar-refractivity contribution in [2.24, 2.45) is 5.41 Å². The number of benzene rings is 1. The van der Waals surface area contributed by atoms with Crippen LogP contribution in [0.2, 0.25) is 0 Å². The van der Waals surface area contributed by atoms with Gasteiger partial charge in [0.15, 0.2) is 6.61 Å². The van der Waals surface area contributed by atoms with Crippen molar-refractivity contribution in [3.63, 3.8) is 0 Å². The second-order valence-electron chi connectivity index (χ2n) is 7.12. The van der Waals surface area contributed by atoms with Gasteiger partial charge in [0, 0.05) is 38.5 Å². The molecule has 4 rings (SSSR count). The number of hydrogen-bond donors (Lipinski definition) is 0. The number of carbonyl (C=O) groups excluding carboxylic acids is 1. The molecule has 2 aliphatic heterocycles. The molecule has 1 aromatic carbocycles. The molecule has 3 heterocycles. The third-order valence-electron chi connectivity index (χ3n) is 5.13. The number of carbonyl (C=O) groups is 1. The second kappa shape index (κ2) is 6.15. The average Bonchev–Trinajstić information content (AvgIpc) is 3.15. The third-order valence-corrected chi connectivity index (χ3v) is 5.13. The highest BCUT2D eigenvalue weighted by Crippen LogP contribution is 2.48. The minimum Gasteiger partial charge on any atom is -0.484 e. The van der Waals surface area contributed by atoms with E-state index in [1.54, 1.807) is 6.92 Å². The molecule has 2 saturated heterocycles. The molecule has 2 fully saturated rings. The van der Waals surface area contributed by atoms with Crippen molar-refractivity contribution in [1.29, 1.82) is 0 Å². The van der Waals surface area contributed by atoms with Gasteiger partial charge in [-0.15, -0.1) is 10.2 Å². The number of amides is 1. The lowest BCUT2D eigenvalue weighted by Crippen LogP contribution is -2.62. The van der Waals surface area contributed by atoms with E-state index >= 15 is 0 Å². The van der Waals surface area contributed by atoms with E-state index in [4.69, 9.17) is 9.15 Å². The maximum Gasteiger partial charge on any atom is 0.260 e. The highest BCUT2D eigenvalue weighted by Gasteiger charge is 2.56. The minimum atomic E-state index is 0.0100. The van der Waals surface area contributed by atoms with Crippen LogP contribution in [-0.4, -0.2) is 65.7 Å². The van der Waals surface area contributed by atoms with E-state index in [0.717, 1.165) is 13.1 Å². The predicted molar refractivity (Wildman–Crippen MR) is 90.2 cm³/mol. The van der Waals surface area contributed by atoms with E-state index in [-0.39, 0.29) is 23.8 Å². The summed E-state index contributed by atoms with van der Waals surface area (Å²) >= 11 is 0. The van der Waals surface area contributed by atoms with Crippen molar-refractivity contribution in [1.82, 2.24) is 20.0 Å². The summed E-state index contributed by atoms with van der Waals surface area (Å²) in [7, 11) is 2.09. The van der Waals surface area contributed by atoms with Gasteiger partial charge in [0.25, 0.3) is 5.91 Å². The second-order valence-corrected chi connectivity index (χ2v) is 7.12. The van der Waals surface area contributed by atoms with Crippen LogP contribution in [0.5, 0.6) is 5.75 Å². The number of rotatable bonds is 4. The smallest absolute Gasteiger partial charge is 0.260 e. The first kappa shape index (κ1) is 16.1. The topological polar surface area (TPSA) is 71.7 Å². The van der Waals surface area contributed by atoms with Crippen molar-refractivity contribution < 1.29 is 13.9 Å². The standard InChI is InChI=1S/C18H22N4O3/c1-13-19-20-17(25-13)15-8-21(2)10-18(15)11-22(12-18)16(23)9-24-14-6-4-3-5-7-14/h3-7,15H,8-12H2,1-2H3. The molecular weight excluding hydrogens is 320 g/mol. The van der Waals surface area contributed by atoms with Crippen molar-refractivity contribution in [3.8, 4) is 5.75 Å². The van der Waals surface area contributed by atoms with Crippen LogP contribution < -0.4 is 4.74 Å². The Balaban J connectivity index is 1.38. The van der Waals surface area contributed by atoms with Crippen LogP contribution in [0.4, 0.5) is 0 Å². The van der Waals surface area contributed by atoms with Gasteiger partial charge in [0.1, 0.15) is 5.75 Å². The van der Waals surface area contributed by atoms with Crippen LogP contribution in [0, 0.1) is 12.3 Å². The normalized spacial score (nSPS) is 22.2. The fraction of sp³-hybridized carbons (Fsp3) is 0.500. The Morgan fingerprint density at radius 2 is 2.04 bits per heavy atom. The molecule has 1 amide bonds. The van der Waals surface area contributed by atoms with Gasteiger partial charge in [0.05, 0.1) is 5.92 Å². The lowest BCUT2D eigenvalue weighted by Gasteiger charge is -2.50. The molecule has 1 unspecified atom stereocenters. The van der Waals surface area contributed by atoms with Crippen LogP contribution in [-0.2, 0) is 4.79 Å². The van der Waals surface area contributed by atoms with Crippen molar-refractivity contribution in [2.75, 3.05) is 39.8 Å². The van der Waals surface area contributed by atoms with Crippen molar-refractivity contribution >= 4 is 5.91 Å². The molecule has 1 spiro atoms. The first-order valence-electron chi connectivity index (χ1n) is 8.50. The molecule has 7 heteroatoms. The van der Waals surface area contributed by atoms with Gasteiger partial charge in [-0.05, 0) is 19.2 Å². The first-order valence-corrected chi connectivity index (χ1v) is 8.50. The fourth-order valence-electron chi connectivity index (χ4n) is 3.97. The largest absolute Gasteiger partial charge is 0.484 e. The molecule has 1 aromatic heterocycles. The summed E-state index contributed by atoms with van der Waals surface area (Å²) < 4.78 is 11.2. The summed E-state index contributed by atoms with van der Waals surface area (Å²) in [6.45, 7) is 5.10. The molecule has 0 aliphatic carbocycles. The zero-order valence-corrected chi connectivity index (χ0v) is 14.5. The number of nitrogens with zero attached hydrogens (tertiary/aromatic N) is 4. The molecule has 132 valence electrons. The Morgan fingerprint density at radius 1 is 1.28 bits per heavy atom. The molecule has 25 heavy (non-hydrogen) atoms. The summed E-state index contributed by atoms with van der Waals surface area (Å²) in [5, 5.41) is 8.18. The molecule has 7 nitrogen and oxygen atoms in total. The van der Waals surface area contributed by atoms with Gasteiger partial charge >= 0.3 is 0 Å². The number of likely N-dealkylation sites (tertiary alicyclic amines) is 2. The Morgan fingerprint density at radius 3 is 2.72 bits per heavy atom. The van der Waals surface area contributed by atoms with Crippen LogP contribution in [0.25, 0.3) is 0 Å². The Labute approximate surface area is 146 Å². The number of aromatic nitrogens is 2. The fourth-order valence-corrected chi connectivity index (χ4v) is 3.97. The molecular formula is C18H22N4O3. The van der Waals surface area contributed by atoms with E-state index in [0.29, 0.717) is 30.6 Å². The summed E-state index contributed by atoms with van der Waals surface area (Å²) in [5.74, 6) is 2.19. The summed E-state index contributed by atoms with van der Waals surface area (Å²) in [6.07, 6.45) is 0. The number of hydrogen-bond acceptors (Lipinski definition) is 6. The molecule has 0 N–H and O–H groups in total. The first-order chi connectivity index (χ1) is 12.1. The SMILES string of the molecule is Cc1nnc(C2CN(C)CC23CN(C(=O)COc2ccccc2)C3)o1. The molecule has 0 radical (unpaired) electrons. The maximum absolute atomic E-state index is 12.4. The third kappa shape index (κ3) is 3.00. The minimum absolute atomic E-state index is 0.0100. The summed E-state index contributed by atoms with van der Waals surface area (Å²) in [6, 6.07) is 9.41. The van der Waals surface area contributed by atoms with Gasteiger partial charge in [-0.1, -0.05) is 18.2 Å². The van der Waals surface area contributed by atoms with Crippen molar-refractivity contribution in [3.05, 3.63) is 42.1 Å². The lowest BCUT2D eigenvalue weighted by atomic mass is 9.71. The van der Waals surface area contributed by atoms with Crippen molar-refractivity contribution in [2.45, 2.75) is 12.8 Å². The van der Waals surface area contributed by atoms with E-state index in [9.17, 15) is 4.79 Å². The Hall–Kier alpha value is -2.41. The zero-order chi connectivity index (χ0) is 17.4.